The Balaban J connectivity index is 2.24. The van der Waals surface area contributed by atoms with Gasteiger partial charge in [-0.05, 0) is 19.1 Å². The third-order valence-electron chi connectivity index (χ3n) is 2.12. The molecule has 0 bridgehead atoms. The smallest absolute Gasteiger partial charge is 0.123 e. The van der Waals surface area contributed by atoms with E-state index in [0.29, 0.717) is 6.61 Å². The lowest BCUT2D eigenvalue weighted by atomic mass is 10.3. The fraction of sp³-hybridized carbons (Fsp3) is 0.250. The molecule has 0 N–H and O–H groups in total. The first-order valence-electron chi connectivity index (χ1n) is 4.89. The molecule has 0 amide bonds. The number of thiazole rings is 1. The van der Waals surface area contributed by atoms with E-state index in [1.807, 2.05) is 25.1 Å². The van der Waals surface area contributed by atoms with Gasteiger partial charge in [-0.15, -0.1) is 17.9 Å². The van der Waals surface area contributed by atoms with Crippen molar-refractivity contribution >= 4 is 21.6 Å². The van der Waals surface area contributed by atoms with Gasteiger partial charge < -0.3 is 4.74 Å². The lowest BCUT2D eigenvalue weighted by molar-refractivity contribution is 0.0887. The van der Waals surface area contributed by atoms with E-state index in [2.05, 4.69) is 17.6 Å². The molecular weight excluding hydrogens is 206 g/mol. The summed E-state index contributed by atoms with van der Waals surface area (Å²) in [7, 11) is 0. The molecule has 1 atom stereocenters. The molecule has 0 aliphatic rings. The summed E-state index contributed by atoms with van der Waals surface area (Å²) in [6.07, 6.45) is 1.80. The summed E-state index contributed by atoms with van der Waals surface area (Å²) < 4.78 is 6.75. The Hall–Kier alpha value is -1.19. The van der Waals surface area contributed by atoms with Crippen LogP contribution in [0.25, 0.3) is 10.2 Å². The van der Waals surface area contributed by atoms with Gasteiger partial charge in [0.05, 0.1) is 16.8 Å². The maximum atomic E-state index is 5.54. The molecule has 0 aliphatic carbocycles. The van der Waals surface area contributed by atoms with Crippen LogP contribution in [0, 0.1) is 0 Å². The van der Waals surface area contributed by atoms with Crippen LogP contribution in [0.2, 0.25) is 0 Å². The normalized spacial score (nSPS) is 12.9. The van der Waals surface area contributed by atoms with E-state index in [-0.39, 0.29) is 6.10 Å². The van der Waals surface area contributed by atoms with Gasteiger partial charge in [0.1, 0.15) is 11.1 Å². The predicted octanol–water partition coefficient (Wildman–Crippen LogP) is 3.56. The fourth-order valence-corrected chi connectivity index (χ4v) is 2.32. The van der Waals surface area contributed by atoms with Crippen LogP contribution >= 0.6 is 11.3 Å². The zero-order valence-corrected chi connectivity index (χ0v) is 9.46. The third kappa shape index (κ3) is 2.25. The minimum Gasteiger partial charge on any atom is -0.367 e. The second kappa shape index (κ2) is 4.55. The van der Waals surface area contributed by atoms with Gasteiger partial charge in [-0.1, -0.05) is 18.2 Å². The van der Waals surface area contributed by atoms with E-state index in [1.165, 1.54) is 4.70 Å². The summed E-state index contributed by atoms with van der Waals surface area (Å²) in [5.74, 6) is 0. The number of aromatic nitrogens is 1. The van der Waals surface area contributed by atoms with Crippen LogP contribution in [-0.4, -0.2) is 11.6 Å². The van der Waals surface area contributed by atoms with Crippen molar-refractivity contribution in [2.75, 3.05) is 6.61 Å². The molecular formula is C12H13NOS. The highest BCUT2D eigenvalue weighted by atomic mass is 32.1. The van der Waals surface area contributed by atoms with E-state index in [9.17, 15) is 0 Å². The summed E-state index contributed by atoms with van der Waals surface area (Å²) >= 11 is 1.69. The molecule has 0 saturated carbocycles. The van der Waals surface area contributed by atoms with Crippen molar-refractivity contribution in [3.05, 3.63) is 41.9 Å². The maximum Gasteiger partial charge on any atom is 0.123 e. The maximum absolute atomic E-state index is 5.54. The third-order valence-corrected chi connectivity index (χ3v) is 3.32. The Morgan fingerprint density at radius 3 is 3.07 bits per heavy atom. The zero-order chi connectivity index (χ0) is 10.7. The number of hydrogen-bond acceptors (Lipinski definition) is 3. The van der Waals surface area contributed by atoms with Crippen LogP contribution in [0.4, 0.5) is 0 Å². The molecule has 0 saturated heterocycles. The minimum atomic E-state index is 0.0420. The van der Waals surface area contributed by atoms with Gasteiger partial charge in [-0.25, -0.2) is 4.98 Å². The Morgan fingerprint density at radius 2 is 2.33 bits per heavy atom. The lowest BCUT2D eigenvalue weighted by Crippen LogP contribution is -1.98. The molecule has 2 nitrogen and oxygen atoms in total. The Bertz CT molecular complexity index is 430. The summed E-state index contributed by atoms with van der Waals surface area (Å²) in [5, 5.41) is 1.03. The summed E-state index contributed by atoms with van der Waals surface area (Å²) in [4.78, 5) is 4.52. The van der Waals surface area contributed by atoms with Gasteiger partial charge in [0.15, 0.2) is 0 Å². The van der Waals surface area contributed by atoms with E-state index < -0.39 is 0 Å². The van der Waals surface area contributed by atoms with Gasteiger partial charge in [-0.2, -0.15) is 0 Å². The first-order valence-corrected chi connectivity index (χ1v) is 5.71. The van der Waals surface area contributed by atoms with Crippen LogP contribution in [0.15, 0.2) is 36.9 Å². The topological polar surface area (TPSA) is 22.1 Å². The Labute approximate surface area is 93.2 Å². The number of fused-ring (bicyclic) bond motifs is 1. The first kappa shape index (κ1) is 10.3. The highest BCUT2D eigenvalue weighted by molar-refractivity contribution is 7.18. The Morgan fingerprint density at radius 1 is 1.53 bits per heavy atom. The van der Waals surface area contributed by atoms with Crippen LogP contribution < -0.4 is 0 Å². The minimum absolute atomic E-state index is 0.0420. The van der Waals surface area contributed by atoms with Crippen molar-refractivity contribution in [2.24, 2.45) is 0 Å². The number of nitrogens with zero attached hydrogens (tertiary/aromatic N) is 1. The molecule has 0 aliphatic heterocycles. The van der Waals surface area contributed by atoms with E-state index in [4.69, 9.17) is 4.74 Å². The molecule has 1 heterocycles. The van der Waals surface area contributed by atoms with Gasteiger partial charge in [0.25, 0.3) is 0 Å². The van der Waals surface area contributed by atoms with Gasteiger partial charge in [0.2, 0.25) is 0 Å². The average molecular weight is 219 g/mol. The van der Waals surface area contributed by atoms with Gasteiger partial charge >= 0.3 is 0 Å². The van der Waals surface area contributed by atoms with Crippen molar-refractivity contribution in [3.8, 4) is 0 Å². The van der Waals surface area contributed by atoms with Crippen LogP contribution in [-0.2, 0) is 4.74 Å². The number of benzene rings is 1. The lowest BCUT2D eigenvalue weighted by Gasteiger charge is -2.06. The first-order chi connectivity index (χ1) is 7.31. The van der Waals surface area contributed by atoms with Crippen molar-refractivity contribution in [1.29, 1.82) is 0 Å². The number of ether oxygens (including phenoxy) is 1. The Kier molecular flexibility index (Phi) is 3.14. The molecule has 0 fully saturated rings. The molecule has 1 aromatic heterocycles. The molecule has 15 heavy (non-hydrogen) atoms. The molecule has 2 rings (SSSR count). The molecule has 2 aromatic rings. The average Bonchev–Trinajstić information content (AvgIpc) is 2.69. The second-order valence-corrected chi connectivity index (χ2v) is 4.35. The summed E-state index contributed by atoms with van der Waals surface area (Å²) in [6.45, 7) is 6.21. The summed E-state index contributed by atoms with van der Waals surface area (Å²) in [5.41, 5.74) is 1.05. The SMILES string of the molecule is C=CCO[C@@H](C)c1nc2ccccc2s1. The van der Waals surface area contributed by atoms with E-state index in [0.717, 1.165) is 10.5 Å². The fourth-order valence-electron chi connectivity index (χ4n) is 1.35. The number of rotatable bonds is 4. The molecule has 0 unspecified atom stereocenters. The van der Waals surface area contributed by atoms with Crippen molar-refractivity contribution in [1.82, 2.24) is 4.98 Å². The highest BCUT2D eigenvalue weighted by Gasteiger charge is 2.10. The van der Waals surface area contributed by atoms with Crippen LogP contribution in [0.5, 0.6) is 0 Å². The van der Waals surface area contributed by atoms with E-state index in [1.54, 1.807) is 17.4 Å². The molecule has 0 spiro atoms. The van der Waals surface area contributed by atoms with Gasteiger partial charge in [0, 0.05) is 0 Å². The molecule has 78 valence electrons. The molecule has 3 heteroatoms. The van der Waals surface area contributed by atoms with E-state index >= 15 is 0 Å². The molecule has 0 radical (unpaired) electrons. The largest absolute Gasteiger partial charge is 0.367 e. The van der Waals surface area contributed by atoms with Gasteiger partial charge in [-0.3, -0.25) is 0 Å². The van der Waals surface area contributed by atoms with Crippen molar-refractivity contribution in [3.63, 3.8) is 0 Å². The second-order valence-electron chi connectivity index (χ2n) is 3.28. The zero-order valence-electron chi connectivity index (χ0n) is 8.64. The van der Waals surface area contributed by atoms with Crippen LogP contribution in [0.3, 0.4) is 0 Å². The standard InChI is InChI=1S/C12H13NOS/c1-3-8-14-9(2)12-13-10-6-4-5-7-11(10)15-12/h3-7,9H,1,8H2,2H3/t9-/m0/s1. The van der Waals surface area contributed by atoms with Crippen LogP contribution in [0.1, 0.15) is 18.0 Å². The van der Waals surface area contributed by atoms with Crippen molar-refractivity contribution < 1.29 is 4.74 Å². The summed E-state index contributed by atoms with van der Waals surface area (Å²) in [6, 6.07) is 8.13. The number of para-hydroxylation sites is 1. The van der Waals surface area contributed by atoms with Crippen molar-refractivity contribution in [2.45, 2.75) is 13.0 Å². The highest BCUT2D eigenvalue weighted by Crippen LogP contribution is 2.27. The molecule has 1 aromatic carbocycles. The monoisotopic (exact) mass is 219 g/mol. The predicted molar refractivity (Wildman–Crippen MR) is 64.2 cm³/mol. The number of hydrogen-bond donors (Lipinski definition) is 0. The quantitative estimate of drug-likeness (QED) is 0.733.